The van der Waals surface area contributed by atoms with E-state index < -0.39 is 7.60 Å². The van der Waals surface area contributed by atoms with E-state index in [1.165, 1.54) is 0 Å². The third-order valence-corrected chi connectivity index (χ3v) is 5.01. The van der Waals surface area contributed by atoms with Crippen molar-refractivity contribution in [3.05, 3.63) is 0 Å². The molecule has 0 atom stereocenters. The zero-order chi connectivity index (χ0) is 15.1. The molecule has 5 heteroatoms. The van der Waals surface area contributed by atoms with Crippen LogP contribution in [-0.4, -0.2) is 32.6 Å². The zero-order valence-electron chi connectivity index (χ0n) is 13.6. The summed E-state index contributed by atoms with van der Waals surface area (Å²) in [5.41, 5.74) is 0. The molecule has 20 heavy (non-hydrogen) atoms. The third kappa shape index (κ3) is 11.9. The molecule has 0 aromatic heterocycles. The molecule has 0 aliphatic rings. The van der Waals surface area contributed by atoms with Crippen molar-refractivity contribution in [3.8, 4) is 0 Å². The van der Waals surface area contributed by atoms with Gasteiger partial charge in [-0.2, -0.15) is 0 Å². The van der Waals surface area contributed by atoms with Gasteiger partial charge in [-0.1, -0.05) is 39.5 Å². The Hall–Kier alpha value is 0.110. The van der Waals surface area contributed by atoms with Gasteiger partial charge >= 0.3 is 7.60 Å². The summed E-state index contributed by atoms with van der Waals surface area (Å²) in [5, 5.41) is 0. The quantitative estimate of drug-likeness (QED) is 0.315. The maximum Gasteiger partial charge on any atom is 0.330 e. The zero-order valence-corrected chi connectivity index (χ0v) is 14.5. The first kappa shape index (κ1) is 20.1. The SMILES string of the molecule is CCCCCOP(=O)(CCCOCC)OCCCCC. The Labute approximate surface area is 125 Å². The van der Waals surface area contributed by atoms with Gasteiger partial charge in [0, 0.05) is 13.2 Å². The molecule has 0 spiro atoms. The minimum absolute atomic E-state index is 0.464. The van der Waals surface area contributed by atoms with E-state index in [-0.39, 0.29) is 0 Å². The average Bonchev–Trinajstić information content (AvgIpc) is 2.45. The summed E-state index contributed by atoms with van der Waals surface area (Å²) >= 11 is 0. The van der Waals surface area contributed by atoms with Gasteiger partial charge in [-0.05, 0) is 26.2 Å². The average molecular weight is 308 g/mol. The molecule has 0 rings (SSSR count). The molecule has 4 nitrogen and oxygen atoms in total. The van der Waals surface area contributed by atoms with Crippen LogP contribution in [0.5, 0.6) is 0 Å². The Morgan fingerprint density at radius 3 is 1.75 bits per heavy atom. The highest BCUT2D eigenvalue weighted by Crippen LogP contribution is 2.49. The van der Waals surface area contributed by atoms with Gasteiger partial charge in [-0.15, -0.1) is 0 Å². The van der Waals surface area contributed by atoms with Crippen LogP contribution in [0.25, 0.3) is 0 Å². The van der Waals surface area contributed by atoms with Crippen LogP contribution >= 0.6 is 7.60 Å². The molecule has 0 saturated heterocycles. The monoisotopic (exact) mass is 308 g/mol. The van der Waals surface area contributed by atoms with E-state index >= 15 is 0 Å². The molecule has 0 radical (unpaired) electrons. The van der Waals surface area contributed by atoms with Crippen LogP contribution in [0.4, 0.5) is 0 Å². The normalized spacial score (nSPS) is 11.9. The van der Waals surface area contributed by atoms with Gasteiger partial charge in [-0.25, -0.2) is 0 Å². The van der Waals surface area contributed by atoms with Crippen molar-refractivity contribution >= 4 is 7.60 Å². The Balaban J connectivity index is 4.02. The maximum atomic E-state index is 12.6. The van der Waals surface area contributed by atoms with Gasteiger partial charge in [0.25, 0.3) is 0 Å². The fourth-order valence-corrected chi connectivity index (χ4v) is 3.45. The van der Waals surface area contributed by atoms with Crippen molar-refractivity contribution in [2.75, 3.05) is 32.6 Å². The smallest absolute Gasteiger partial charge is 0.330 e. The first-order chi connectivity index (χ1) is 9.68. The fraction of sp³-hybridized carbons (Fsp3) is 1.00. The minimum Gasteiger partial charge on any atom is -0.382 e. The van der Waals surface area contributed by atoms with Crippen LogP contribution in [0.15, 0.2) is 0 Å². The number of rotatable bonds is 15. The van der Waals surface area contributed by atoms with Crippen LogP contribution in [0.3, 0.4) is 0 Å². The molecule has 122 valence electrons. The largest absolute Gasteiger partial charge is 0.382 e. The van der Waals surface area contributed by atoms with Crippen molar-refractivity contribution in [2.45, 2.75) is 65.7 Å². The summed E-state index contributed by atoms with van der Waals surface area (Å²) < 4.78 is 29.0. The third-order valence-electron chi connectivity index (χ3n) is 3.00. The Kier molecular flexibility index (Phi) is 14.1. The molecule has 0 aromatic carbocycles. The lowest BCUT2D eigenvalue weighted by atomic mass is 10.3. The fourth-order valence-electron chi connectivity index (χ4n) is 1.78. The van der Waals surface area contributed by atoms with Gasteiger partial charge in [-0.3, -0.25) is 4.57 Å². The molecule has 0 bridgehead atoms. The molecule has 0 heterocycles. The molecular weight excluding hydrogens is 275 g/mol. The topological polar surface area (TPSA) is 44.8 Å². The molecule has 0 fully saturated rings. The van der Waals surface area contributed by atoms with Gasteiger partial charge in [0.05, 0.1) is 19.4 Å². The Bertz CT molecular complexity index is 208. The predicted octanol–water partition coefficient (Wildman–Crippen LogP) is 5.02. The lowest BCUT2D eigenvalue weighted by Crippen LogP contribution is -2.05. The van der Waals surface area contributed by atoms with E-state index in [1.807, 2.05) is 6.92 Å². The van der Waals surface area contributed by atoms with Crippen LogP contribution in [-0.2, 0) is 18.3 Å². The molecule has 0 amide bonds. The van der Waals surface area contributed by atoms with Gasteiger partial charge in [0.2, 0.25) is 0 Å². The number of ether oxygens (including phenoxy) is 1. The summed E-state index contributed by atoms with van der Waals surface area (Å²) in [6, 6.07) is 0. The molecule has 0 saturated carbocycles. The van der Waals surface area contributed by atoms with Crippen molar-refractivity contribution < 1.29 is 18.3 Å². The highest BCUT2D eigenvalue weighted by molar-refractivity contribution is 7.53. The first-order valence-electron chi connectivity index (χ1n) is 8.14. The standard InChI is InChI=1S/C15H33O4P/c1-4-7-9-13-18-20(16,15-11-12-17-6-3)19-14-10-8-5-2/h4-15H2,1-3H3. The molecule has 0 aromatic rings. The highest BCUT2D eigenvalue weighted by Gasteiger charge is 2.23. The van der Waals surface area contributed by atoms with Crippen molar-refractivity contribution in [1.29, 1.82) is 0 Å². The second-order valence-corrected chi connectivity index (χ2v) is 7.15. The number of hydrogen-bond donors (Lipinski definition) is 0. The van der Waals surface area contributed by atoms with E-state index in [0.717, 1.165) is 44.9 Å². The van der Waals surface area contributed by atoms with Crippen molar-refractivity contribution in [1.82, 2.24) is 0 Å². The van der Waals surface area contributed by atoms with E-state index in [1.54, 1.807) is 0 Å². The first-order valence-corrected chi connectivity index (χ1v) is 9.87. The van der Waals surface area contributed by atoms with Crippen LogP contribution in [0, 0.1) is 0 Å². The van der Waals surface area contributed by atoms with Crippen LogP contribution in [0.1, 0.15) is 65.7 Å². The van der Waals surface area contributed by atoms with Crippen molar-refractivity contribution in [3.63, 3.8) is 0 Å². The van der Waals surface area contributed by atoms with Gasteiger partial charge < -0.3 is 13.8 Å². The summed E-state index contributed by atoms with van der Waals surface area (Å²) in [6.07, 6.45) is 7.57. The van der Waals surface area contributed by atoms with Crippen molar-refractivity contribution in [2.24, 2.45) is 0 Å². The lowest BCUT2D eigenvalue weighted by Gasteiger charge is -2.18. The number of hydrogen-bond acceptors (Lipinski definition) is 4. The summed E-state index contributed by atoms with van der Waals surface area (Å²) in [7, 11) is -2.92. The highest BCUT2D eigenvalue weighted by atomic mass is 31.2. The summed E-state index contributed by atoms with van der Waals surface area (Å²) in [5.74, 6) is 0. The second kappa shape index (κ2) is 14.1. The molecular formula is C15H33O4P. The molecule has 0 aliphatic carbocycles. The van der Waals surface area contributed by atoms with E-state index in [0.29, 0.717) is 32.6 Å². The van der Waals surface area contributed by atoms with Gasteiger partial charge in [0.15, 0.2) is 0 Å². The van der Waals surface area contributed by atoms with E-state index in [2.05, 4.69) is 13.8 Å². The summed E-state index contributed by atoms with van der Waals surface area (Å²) in [4.78, 5) is 0. The van der Waals surface area contributed by atoms with Crippen LogP contribution < -0.4 is 0 Å². The summed E-state index contributed by atoms with van der Waals surface area (Å²) in [6.45, 7) is 8.63. The minimum atomic E-state index is -2.92. The molecule has 0 N–H and O–H groups in total. The van der Waals surface area contributed by atoms with Gasteiger partial charge in [0.1, 0.15) is 0 Å². The lowest BCUT2D eigenvalue weighted by molar-refractivity contribution is 0.144. The van der Waals surface area contributed by atoms with Crippen LogP contribution in [0.2, 0.25) is 0 Å². The Morgan fingerprint density at radius 1 is 0.750 bits per heavy atom. The maximum absolute atomic E-state index is 12.6. The second-order valence-electron chi connectivity index (χ2n) is 4.97. The van der Waals surface area contributed by atoms with E-state index in [4.69, 9.17) is 13.8 Å². The van der Waals surface area contributed by atoms with E-state index in [9.17, 15) is 4.57 Å². The number of unbranched alkanes of at least 4 members (excludes halogenated alkanes) is 4. The predicted molar refractivity (Wildman–Crippen MR) is 84.5 cm³/mol. The molecule has 0 aliphatic heterocycles. The molecule has 0 unspecified atom stereocenters. The Morgan fingerprint density at radius 2 is 1.30 bits per heavy atom.